The molecule has 3 N–H and O–H groups in total. The number of aliphatic hydroxyl groups excluding tert-OH is 2. The van der Waals surface area contributed by atoms with Gasteiger partial charge in [-0.15, -0.1) is 0 Å². The van der Waals surface area contributed by atoms with Gasteiger partial charge in [-0.25, -0.2) is 0 Å². The van der Waals surface area contributed by atoms with Gasteiger partial charge in [0.15, 0.2) is 5.78 Å². The maximum Gasteiger partial charge on any atom is 0.310 e. The summed E-state index contributed by atoms with van der Waals surface area (Å²) in [6.45, 7) is 3.17. The molecule has 0 spiro atoms. The highest BCUT2D eigenvalue weighted by Crippen LogP contribution is 2.15. The molecule has 0 radical (unpaired) electrons. The summed E-state index contributed by atoms with van der Waals surface area (Å²) in [6, 6.07) is 13.8. The van der Waals surface area contributed by atoms with Gasteiger partial charge in [-0.2, -0.15) is 0 Å². The van der Waals surface area contributed by atoms with Crippen molar-refractivity contribution >= 4 is 11.8 Å². The van der Waals surface area contributed by atoms with E-state index in [4.69, 9.17) is 15.3 Å². The summed E-state index contributed by atoms with van der Waals surface area (Å²) < 4.78 is 0. The van der Waals surface area contributed by atoms with Crippen LogP contribution >= 0.6 is 0 Å². The third-order valence-corrected chi connectivity index (χ3v) is 3.58. The Bertz CT molecular complexity index is 659. The lowest BCUT2D eigenvalue weighted by molar-refractivity contribution is -0.138. The highest BCUT2D eigenvalue weighted by Gasteiger charge is 2.12. The number of carbonyl (C=O) groups is 2. The predicted octanol–water partition coefficient (Wildman–Crippen LogP) is 2.75. The van der Waals surface area contributed by atoms with Crippen molar-refractivity contribution in [2.45, 2.75) is 33.0 Å². The van der Waals surface area contributed by atoms with Crippen LogP contribution in [-0.4, -0.2) is 27.1 Å². The van der Waals surface area contributed by atoms with E-state index in [1.807, 2.05) is 0 Å². The van der Waals surface area contributed by atoms with E-state index >= 15 is 0 Å². The molecule has 0 bridgehead atoms. The maximum atomic E-state index is 10.8. The molecular weight excluding hydrogens is 308 g/mol. The number of ketones is 1. The van der Waals surface area contributed by atoms with Gasteiger partial charge in [0.2, 0.25) is 0 Å². The van der Waals surface area contributed by atoms with E-state index in [9.17, 15) is 9.59 Å². The first-order valence-corrected chi connectivity index (χ1v) is 7.52. The Morgan fingerprint density at radius 1 is 0.875 bits per heavy atom. The number of aliphatic hydroxyl groups is 2. The first-order valence-electron chi connectivity index (χ1n) is 7.52. The zero-order chi connectivity index (χ0) is 18.1. The summed E-state index contributed by atoms with van der Waals surface area (Å²) in [5.74, 6) is -1.28. The first-order chi connectivity index (χ1) is 11.4. The van der Waals surface area contributed by atoms with Crippen LogP contribution in [0.25, 0.3) is 0 Å². The zero-order valence-corrected chi connectivity index (χ0v) is 13.8. The van der Waals surface area contributed by atoms with E-state index in [0.29, 0.717) is 5.56 Å². The smallest absolute Gasteiger partial charge is 0.310 e. The van der Waals surface area contributed by atoms with Gasteiger partial charge < -0.3 is 15.3 Å². The van der Waals surface area contributed by atoms with Crippen molar-refractivity contribution in [3.8, 4) is 0 Å². The van der Waals surface area contributed by atoms with E-state index < -0.39 is 11.9 Å². The molecule has 2 rings (SSSR count). The van der Waals surface area contributed by atoms with E-state index in [-0.39, 0.29) is 19.0 Å². The molecule has 0 fully saturated rings. The van der Waals surface area contributed by atoms with Crippen molar-refractivity contribution in [3.63, 3.8) is 0 Å². The van der Waals surface area contributed by atoms with Crippen LogP contribution in [0.5, 0.6) is 0 Å². The number of carboxylic acids is 1. The van der Waals surface area contributed by atoms with Gasteiger partial charge >= 0.3 is 5.97 Å². The molecule has 2 aromatic rings. The Hall–Kier alpha value is -2.50. The van der Waals surface area contributed by atoms with Crippen LogP contribution in [-0.2, 0) is 18.0 Å². The van der Waals surface area contributed by atoms with Crippen molar-refractivity contribution in [2.75, 3.05) is 0 Å². The van der Waals surface area contributed by atoms with E-state index in [2.05, 4.69) is 0 Å². The number of benzene rings is 2. The molecule has 0 saturated heterocycles. The second-order valence-corrected chi connectivity index (χ2v) is 5.37. The summed E-state index contributed by atoms with van der Waals surface area (Å²) in [6.07, 6.45) is 0. The first kappa shape index (κ1) is 19.5. The minimum Gasteiger partial charge on any atom is -0.481 e. The Balaban J connectivity index is 0.000000243. The lowest BCUT2D eigenvalue weighted by Gasteiger charge is -2.06. The van der Waals surface area contributed by atoms with Crippen LogP contribution in [0.2, 0.25) is 0 Å². The molecule has 0 amide bonds. The number of carbonyl (C=O) groups excluding carboxylic acids is 1. The number of Topliss-reactive ketones (excluding diaryl/α,β-unsaturated/α-hetero) is 1. The van der Waals surface area contributed by atoms with Gasteiger partial charge in [-0.05, 0) is 30.5 Å². The van der Waals surface area contributed by atoms with Crippen molar-refractivity contribution < 1.29 is 24.9 Å². The molecule has 5 nitrogen and oxygen atoms in total. The Morgan fingerprint density at radius 2 is 1.29 bits per heavy atom. The molecule has 1 unspecified atom stereocenters. The minimum atomic E-state index is -0.836. The van der Waals surface area contributed by atoms with Gasteiger partial charge in [0.05, 0.1) is 19.1 Å². The molecule has 0 heterocycles. The molecule has 5 heteroatoms. The molecule has 0 aromatic heterocycles. The van der Waals surface area contributed by atoms with Crippen molar-refractivity contribution in [1.82, 2.24) is 0 Å². The normalized spacial score (nSPS) is 11.2. The summed E-state index contributed by atoms with van der Waals surface area (Å²) in [5.41, 5.74) is 3.06. The van der Waals surface area contributed by atoms with E-state index in [0.717, 1.165) is 16.7 Å². The molecule has 0 aliphatic carbocycles. The van der Waals surface area contributed by atoms with Crippen LogP contribution in [0.1, 0.15) is 46.8 Å². The Labute approximate surface area is 141 Å². The zero-order valence-electron chi connectivity index (χ0n) is 13.8. The largest absolute Gasteiger partial charge is 0.481 e. The summed E-state index contributed by atoms with van der Waals surface area (Å²) in [5, 5.41) is 26.2. The number of aliphatic carboxylic acids is 1. The SMILES string of the molecule is CC(=O)c1ccc(CO)cc1.CC(C(=O)O)c1ccc(CO)cc1. The van der Waals surface area contributed by atoms with E-state index in [1.54, 1.807) is 55.5 Å². The lowest BCUT2D eigenvalue weighted by Crippen LogP contribution is -2.07. The Kier molecular flexibility index (Phi) is 7.82. The fourth-order valence-corrected chi connectivity index (χ4v) is 1.90. The maximum absolute atomic E-state index is 10.8. The topological polar surface area (TPSA) is 94.8 Å². The van der Waals surface area contributed by atoms with Crippen LogP contribution < -0.4 is 0 Å². The molecule has 1 atom stereocenters. The average Bonchev–Trinajstić information content (AvgIpc) is 2.61. The van der Waals surface area contributed by atoms with Gasteiger partial charge in [0, 0.05) is 5.56 Å². The van der Waals surface area contributed by atoms with Crippen LogP contribution in [0.3, 0.4) is 0 Å². The van der Waals surface area contributed by atoms with Crippen LogP contribution in [0.4, 0.5) is 0 Å². The highest BCUT2D eigenvalue weighted by molar-refractivity contribution is 5.93. The Morgan fingerprint density at radius 3 is 1.62 bits per heavy atom. The molecule has 24 heavy (non-hydrogen) atoms. The van der Waals surface area contributed by atoms with Gasteiger partial charge in [-0.3, -0.25) is 9.59 Å². The summed E-state index contributed by atoms with van der Waals surface area (Å²) in [4.78, 5) is 21.4. The predicted molar refractivity (Wildman–Crippen MR) is 90.8 cm³/mol. The molecule has 0 aliphatic rings. The molecular formula is C19H22O5. The molecule has 0 aliphatic heterocycles. The third-order valence-electron chi connectivity index (χ3n) is 3.58. The highest BCUT2D eigenvalue weighted by atomic mass is 16.4. The second kappa shape index (κ2) is 9.60. The van der Waals surface area contributed by atoms with Crippen LogP contribution in [0, 0.1) is 0 Å². The standard InChI is InChI=1S/C10H12O3.C9H10O2/c1-7(10(12)13)9-4-2-8(6-11)3-5-9;1-7(11)9-4-2-8(6-10)3-5-9/h2-5,7,11H,6H2,1H3,(H,12,13);2-5,10H,6H2,1H3. The molecule has 0 saturated carbocycles. The number of rotatable bonds is 5. The third kappa shape index (κ3) is 5.95. The number of carboxylic acid groups (broad SMARTS) is 1. The number of hydrogen-bond acceptors (Lipinski definition) is 4. The van der Waals surface area contributed by atoms with Crippen LogP contribution in [0.15, 0.2) is 48.5 Å². The quantitative estimate of drug-likeness (QED) is 0.733. The van der Waals surface area contributed by atoms with Crippen molar-refractivity contribution in [1.29, 1.82) is 0 Å². The lowest BCUT2D eigenvalue weighted by atomic mass is 10.0. The fourth-order valence-electron chi connectivity index (χ4n) is 1.90. The van der Waals surface area contributed by atoms with Gasteiger partial charge in [-0.1, -0.05) is 48.5 Å². The summed E-state index contributed by atoms with van der Waals surface area (Å²) >= 11 is 0. The minimum absolute atomic E-state index is 0.0122. The van der Waals surface area contributed by atoms with E-state index in [1.165, 1.54) is 6.92 Å². The van der Waals surface area contributed by atoms with Crippen molar-refractivity contribution in [3.05, 3.63) is 70.8 Å². The number of hydrogen-bond donors (Lipinski definition) is 3. The van der Waals surface area contributed by atoms with Gasteiger partial charge in [0.1, 0.15) is 0 Å². The average molecular weight is 330 g/mol. The second-order valence-electron chi connectivity index (χ2n) is 5.37. The summed E-state index contributed by atoms with van der Waals surface area (Å²) in [7, 11) is 0. The van der Waals surface area contributed by atoms with Crippen molar-refractivity contribution in [2.24, 2.45) is 0 Å². The molecule has 2 aromatic carbocycles. The fraction of sp³-hybridized carbons (Fsp3) is 0.263. The van der Waals surface area contributed by atoms with Gasteiger partial charge in [0.25, 0.3) is 0 Å². The molecule has 128 valence electrons. The monoisotopic (exact) mass is 330 g/mol.